The van der Waals surface area contributed by atoms with Crippen LogP contribution < -0.4 is 0 Å². The molecule has 1 aromatic heterocycles. The smallest absolute Gasteiger partial charge is 0.163 e. The van der Waals surface area contributed by atoms with Gasteiger partial charge in [0.15, 0.2) is 5.78 Å². The predicted molar refractivity (Wildman–Crippen MR) is 110 cm³/mol. The van der Waals surface area contributed by atoms with Crippen LogP contribution in [0.3, 0.4) is 0 Å². The predicted octanol–water partition coefficient (Wildman–Crippen LogP) is 5.80. The minimum atomic E-state index is 0.122. The Hall–Kier alpha value is -2.91. The molecule has 0 bridgehead atoms. The number of carbonyl (C=O) groups is 1. The number of carbonyl (C=O) groups excluding carboxylic acids is 1. The lowest BCUT2D eigenvalue weighted by atomic mass is 10.0. The summed E-state index contributed by atoms with van der Waals surface area (Å²) in [7, 11) is 0. The van der Waals surface area contributed by atoms with Crippen molar-refractivity contribution >= 4 is 28.4 Å². The first-order valence-electron chi connectivity index (χ1n) is 8.92. The summed E-state index contributed by atoms with van der Waals surface area (Å²) >= 11 is 5.90. The molecule has 0 saturated carbocycles. The fourth-order valence-corrected chi connectivity index (χ4v) is 3.35. The molecule has 4 rings (SSSR count). The molecule has 0 atom stereocenters. The summed E-state index contributed by atoms with van der Waals surface area (Å²) in [5.74, 6) is 0.122. The van der Waals surface area contributed by atoms with Gasteiger partial charge >= 0.3 is 0 Å². The van der Waals surface area contributed by atoms with E-state index in [9.17, 15) is 4.79 Å². The highest BCUT2D eigenvalue weighted by Crippen LogP contribution is 2.21. The Bertz CT molecular complexity index is 1110. The standard InChI is InChI=1S/C23H19ClN2O/c1-16-3-2-4-20(13-16)26-15-25-21-14-18(8-11-22(21)26)23(27)12-7-17-5-9-19(24)10-6-17/h2-6,8-11,13-15H,7,12H2,1H3. The van der Waals surface area contributed by atoms with E-state index in [4.69, 9.17) is 11.6 Å². The molecule has 0 amide bonds. The maximum atomic E-state index is 12.6. The Morgan fingerprint density at radius 1 is 1.04 bits per heavy atom. The van der Waals surface area contributed by atoms with Crippen LogP contribution >= 0.6 is 11.6 Å². The molecule has 3 aromatic carbocycles. The van der Waals surface area contributed by atoms with Crippen molar-refractivity contribution in [2.45, 2.75) is 19.8 Å². The fourth-order valence-electron chi connectivity index (χ4n) is 3.22. The van der Waals surface area contributed by atoms with Crippen molar-refractivity contribution in [3.05, 3.63) is 94.8 Å². The highest BCUT2D eigenvalue weighted by Gasteiger charge is 2.11. The van der Waals surface area contributed by atoms with Gasteiger partial charge in [0.1, 0.15) is 6.33 Å². The van der Waals surface area contributed by atoms with Crippen LogP contribution in [0.5, 0.6) is 0 Å². The molecule has 4 aromatic rings. The van der Waals surface area contributed by atoms with Gasteiger partial charge in [0, 0.05) is 22.7 Å². The molecular weight excluding hydrogens is 356 g/mol. The maximum absolute atomic E-state index is 12.6. The van der Waals surface area contributed by atoms with E-state index in [0.717, 1.165) is 22.3 Å². The summed E-state index contributed by atoms with van der Waals surface area (Å²) in [6, 6.07) is 21.6. The summed E-state index contributed by atoms with van der Waals surface area (Å²) in [5.41, 5.74) is 5.90. The number of hydrogen-bond donors (Lipinski definition) is 0. The summed E-state index contributed by atoms with van der Waals surface area (Å²) in [6.07, 6.45) is 2.97. The minimum Gasteiger partial charge on any atom is -0.299 e. The van der Waals surface area contributed by atoms with Gasteiger partial charge in [0.25, 0.3) is 0 Å². The number of aromatic nitrogens is 2. The van der Waals surface area contributed by atoms with E-state index in [0.29, 0.717) is 23.4 Å². The van der Waals surface area contributed by atoms with Crippen molar-refractivity contribution in [1.29, 1.82) is 0 Å². The molecular formula is C23H19ClN2O. The number of nitrogens with zero attached hydrogens (tertiary/aromatic N) is 2. The van der Waals surface area contributed by atoms with Gasteiger partial charge in [-0.15, -0.1) is 0 Å². The van der Waals surface area contributed by atoms with Crippen LogP contribution in [0.4, 0.5) is 0 Å². The normalized spacial score (nSPS) is 11.0. The average Bonchev–Trinajstić information content (AvgIpc) is 3.10. The Balaban J connectivity index is 1.55. The van der Waals surface area contributed by atoms with E-state index >= 15 is 0 Å². The molecule has 0 spiro atoms. The first kappa shape index (κ1) is 17.5. The lowest BCUT2D eigenvalue weighted by Crippen LogP contribution is -2.01. The first-order chi connectivity index (χ1) is 13.1. The molecule has 27 heavy (non-hydrogen) atoms. The lowest BCUT2D eigenvalue weighted by Gasteiger charge is -2.06. The maximum Gasteiger partial charge on any atom is 0.163 e. The zero-order valence-electron chi connectivity index (χ0n) is 15.0. The van der Waals surface area contributed by atoms with Gasteiger partial charge in [0.2, 0.25) is 0 Å². The summed E-state index contributed by atoms with van der Waals surface area (Å²) in [4.78, 5) is 17.1. The molecule has 1 heterocycles. The van der Waals surface area contributed by atoms with Crippen molar-refractivity contribution in [1.82, 2.24) is 9.55 Å². The van der Waals surface area contributed by atoms with Crippen LogP contribution in [0.15, 0.2) is 73.1 Å². The Labute approximate surface area is 163 Å². The largest absolute Gasteiger partial charge is 0.299 e. The third-order valence-electron chi connectivity index (χ3n) is 4.70. The van der Waals surface area contributed by atoms with Crippen LogP contribution in [0.2, 0.25) is 5.02 Å². The Morgan fingerprint density at radius 2 is 1.85 bits per heavy atom. The lowest BCUT2D eigenvalue weighted by molar-refractivity contribution is 0.0983. The number of halogens is 1. The zero-order valence-corrected chi connectivity index (χ0v) is 15.8. The second-order valence-corrected chi connectivity index (χ2v) is 7.14. The van der Waals surface area contributed by atoms with Gasteiger partial charge < -0.3 is 0 Å². The van der Waals surface area contributed by atoms with Crippen LogP contribution in [-0.2, 0) is 6.42 Å². The highest BCUT2D eigenvalue weighted by atomic mass is 35.5. The minimum absolute atomic E-state index is 0.122. The van der Waals surface area contributed by atoms with E-state index in [1.165, 1.54) is 5.56 Å². The van der Waals surface area contributed by atoms with Gasteiger partial charge in [-0.25, -0.2) is 4.98 Å². The van der Waals surface area contributed by atoms with Gasteiger partial charge in [0.05, 0.1) is 11.0 Å². The highest BCUT2D eigenvalue weighted by molar-refractivity contribution is 6.30. The van der Waals surface area contributed by atoms with Gasteiger partial charge in [-0.2, -0.15) is 0 Å². The molecule has 3 nitrogen and oxygen atoms in total. The molecule has 0 saturated heterocycles. The average molecular weight is 375 g/mol. The summed E-state index contributed by atoms with van der Waals surface area (Å²) < 4.78 is 2.05. The molecule has 134 valence electrons. The topological polar surface area (TPSA) is 34.9 Å². The number of ketones is 1. The number of imidazole rings is 1. The third kappa shape index (κ3) is 3.79. The number of rotatable bonds is 5. The number of Topliss-reactive ketones (excluding diaryl/α,β-unsaturated/α-hetero) is 1. The van der Waals surface area contributed by atoms with Crippen molar-refractivity contribution < 1.29 is 4.79 Å². The van der Waals surface area contributed by atoms with Crippen LogP contribution in [0.1, 0.15) is 27.9 Å². The SMILES string of the molecule is Cc1cccc(-n2cnc3cc(C(=O)CCc4ccc(Cl)cc4)ccc32)c1. The van der Waals surface area contributed by atoms with Crippen molar-refractivity contribution in [3.63, 3.8) is 0 Å². The van der Waals surface area contributed by atoms with Crippen molar-refractivity contribution in [3.8, 4) is 5.69 Å². The molecule has 0 aliphatic rings. The van der Waals surface area contributed by atoms with E-state index in [-0.39, 0.29) is 5.78 Å². The fraction of sp³-hybridized carbons (Fsp3) is 0.130. The zero-order chi connectivity index (χ0) is 18.8. The number of benzene rings is 3. The second kappa shape index (κ2) is 7.37. The number of fused-ring (bicyclic) bond motifs is 1. The second-order valence-electron chi connectivity index (χ2n) is 6.71. The number of aryl methyl sites for hydroxylation is 2. The molecule has 0 aliphatic heterocycles. The molecule has 4 heteroatoms. The molecule has 0 aliphatic carbocycles. The van der Waals surface area contributed by atoms with E-state index in [1.54, 1.807) is 6.33 Å². The van der Waals surface area contributed by atoms with Crippen molar-refractivity contribution in [2.75, 3.05) is 0 Å². The quantitative estimate of drug-likeness (QED) is 0.413. The number of hydrogen-bond acceptors (Lipinski definition) is 2. The Kier molecular flexibility index (Phi) is 4.78. The molecule has 0 radical (unpaired) electrons. The Morgan fingerprint density at radius 3 is 2.63 bits per heavy atom. The third-order valence-corrected chi connectivity index (χ3v) is 4.96. The molecule has 0 fully saturated rings. The monoisotopic (exact) mass is 374 g/mol. The van der Waals surface area contributed by atoms with Crippen LogP contribution in [0, 0.1) is 6.92 Å². The summed E-state index contributed by atoms with van der Waals surface area (Å²) in [5, 5.41) is 0.708. The van der Waals surface area contributed by atoms with Crippen molar-refractivity contribution in [2.24, 2.45) is 0 Å². The molecule has 0 N–H and O–H groups in total. The van der Waals surface area contributed by atoms with E-state index in [2.05, 4.69) is 30.1 Å². The molecule has 0 unspecified atom stereocenters. The van der Waals surface area contributed by atoms with Crippen LogP contribution in [-0.4, -0.2) is 15.3 Å². The van der Waals surface area contributed by atoms with E-state index < -0.39 is 0 Å². The van der Waals surface area contributed by atoms with Gasteiger partial charge in [-0.3, -0.25) is 9.36 Å². The van der Waals surface area contributed by atoms with E-state index in [1.807, 2.05) is 53.1 Å². The first-order valence-corrected chi connectivity index (χ1v) is 9.30. The van der Waals surface area contributed by atoms with Gasteiger partial charge in [-0.05, 0) is 66.9 Å². The van der Waals surface area contributed by atoms with Crippen LogP contribution in [0.25, 0.3) is 16.7 Å². The van der Waals surface area contributed by atoms with Gasteiger partial charge in [-0.1, -0.05) is 35.9 Å². The summed E-state index contributed by atoms with van der Waals surface area (Å²) in [6.45, 7) is 2.07.